The SMILES string of the molecule is Cc1ccc(C(=O)COc2ccc3ccc(=O)oc3c2)cc1C. The minimum atomic E-state index is -0.416. The van der Waals surface area contributed by atoms with Crippen molar-refractivity contribution < 1.29 is 13.9 Å². The summed E-state index contributed by atoms with van der Waals surface area (Å²) in [6.07, 6.45) is 0. The molecule has 1 aromatic heterocycles. The molecule has 0 bridgehead atoms. The number of ketones is 1. The van der Waals surface area contributed by atoms with Crippen LogP contribution in [-0.2, 0) is 0 Å². The van der Waals surface area contributed by atoms with Gasteiger partial charge in [0.1, 0.15) is 11.3 Å². The van der Waals surface area contributed by atoms with E-state index in [9.17, 15) is 9.59 Å². The van der Waals surface area contributed by atoms with E-state index in [1.807, 2.05) is 26.0 Å². The van der Waals surface area contributed by atoms with E-state index < -0.39 is 5.63 Å². The van der Waals surface area contributed by atoms with Gasteiger partial charge in [0, 0.05) is 23.1 Å². The molecule has 116 valence electrons. The fraction of sp³-hybridized carbons (Fsp3) is 0.158. The van der Waals surface area contributed by atoms with Gasteiger partial charge in [-0.25, -0.2) is 4.79 Å². The van der Waals surface area contributed by atoms with Gasteiger partial charge in [-0.3, -0.25) is 4.79 Å². The van der Waals surface area contributed by atoms with E-state index in [-0.39, 0.29) is 12.4 Å². The molecule has 0 radical (unpaired) electrons. The van der Waals surface area contributed by atoms with Crippen molar-refractivity contribution in [3.05, 3.63) is 75.6 Å². The van der Waals surface area contributed by atoms with Crippen molar-refractivity contribution in [2.45, 2.75) is 13.8 Å². The van der Waals surface area contributed by atoms with Crippen molar-refractivity contribution in [2.24, 2.45) is 0 Å². The third-order valence-corrected chi connectivity index (χ3v) is 3.79. The normalized spacial score (nSPS) is 10.7. The Morgan fingerprint density at radius 1 is 1.00 bits per heavy atom. The maximum Gasteiger partial charge on any atom is 0.336 e. The van der Waals surface area contributed by atoms with Gasteiger partial charge in [-0.15, -0.1) is 0 Å². The van der Waals surface area contributed by atoms with Gasteiger partial charge in [0.25, 0.3) is 0 Å². The van der Waals surface area contributed by atoms with Gasteiger partial charge >= 0.3 is 5.63 Å². The van der Waals surface area contributed by atoms with Crippen LogP contribution < -0.4 is 10.4 Å². The fourth-order valence-corrected chi connectivity index (χ4v) is 2.28. The molecule has 0 aliphatic rings. The topological polar surface area (TPSA) is 56.5 Å². The molecule has 4 heteroatoms. The van der Waals surface area contributed by atoms with E-state index >= 15 is 0 Å². The Balaban J connectivity index is 1.75. The highest BCUT2D eigenvalue weighted by Gasteiger charge is 2.09. The lowest BCUT2D eigenvalue weighted by Gasteiger charge is -2.07. The van der Waals surface area contributed by atoms with Crippen LogP contribution in [-0.4, -0.2) is 12.4 Å². The Morgan fingerprint density at radius 3 is 2.57 bits per heavy atom. The Bertz CT molecular complexity index is 937. The predicted octanol–water partition coefficient (Wildman–Crippen LogP) is 3.67. The van der Waals surface area contributed by atoms with Crippen LogP contribution in [0.25, 0.3) is 11.0 Å². The number of ether oxygens (including phenoxy) is 1. The Hall–Kier alpha value is -2.88. The third kappa shape index (κ3) is 3.31. The van der Waals surface area contributed by atoms with E-state index in [1.165, 1.54) is 6.07 Å². The predicted molar refractivity (Wildman–Crippen MR) is 88.2 cm³/mol. The molecule has 0 saturated heterocycles. The number of fused-ring (bicyclic) bond motifs is 1. The molecule has 0 aliphatic carbocycles. The zero-order valence-electron chi connectivity index (χ0n) is 13.0. The van der Waals surface area contributed by atoms with E-state index in [4.69, 9.17) is 9.15 Å². The lowest BCUT2D eigenvalue weighted by Crippen LogP contribution is -2.12. The van der Waals surface area contributed by atoms with Crippen molar-refractivity contribution in [3.8, 4) is 5.75 Å². The van der Waals surface area contributed by atoms with Gasteiger partial charge in [-0.05, 0) is 49.2 Å². The number of aryl methyl sites for hydroxylation is 2. The summed E-state index contributed by atoms with van der Waals surface area (Å²) in [5.41, 5.74) is 2.87. The monoisotopic (exact) mass is 308 g/mol. The number of carbonyl (C=O) groups excluding carboxylic acids is 1. The summed E-state index contributed by atoms with van der Waals surface area (Å²) in [5, 5.41) is 0.803. The van der Waals surface area contributed by atoms with Gasteiger partial charge < -0.3 is 9.15 Å². The number of hydrogen-bond donors (Lipinski definition) is 0. The molecule has 4 nitrogen and oxygen atoms in total. The molecule has 0 aliphatic heterocycles. The molecule has 0 amide bonds. The molecular weight excluding hydrogens is 292 g/mol. The molecule has 0 saturated carbocycles. The van der Waals surface area contributed by atoms with Crippen molar-refractivity contribution in [2.75, 3.05) is 6.61 Å². The van der Waals surface area contributed by atoms with E-state index in [0.29, 0.717) is 16.9 Å². The lowest BCUT2D eigenvalue weighted by molar-refractivity contribution is 0.0921. The summed E-state index contributed by atoms with van der Waals surface area (Å²) in [5.74, 6) is 0.395. The average molecular weight is 308 g/mol. The van der Waals surface area contributed by atoms with Crippen LogP contribution in [0.15, 0.2) is 57.7 Å². The van der Waals surface area contributed by atoms with E-state index in [0.717, 1.165) is 16.5 Å². The number of rotatable bonds is 4. The first-order chi connectivity index (χ1) is 11.0. The summed E-state index contributed by atoms with van der Waals surface area (Å²) in [7, 11) is 0. The Morgan fingerprint density at radius 2 is 1.78 bits per heavy atom. The van der Waals surface area contributed by atoms with Crippen molar-refractivity contribution in [3.63, 3.8) is 0 Å². The van der Waals surface area contributed by atoms with Crippen molar-refractivity contribution in [1.29, 1.82) is 0 Å². The van der Waals surface area contributed by atoms with Crippen molar-refractivity contribution in [1.82, 2.24) is 0 Å². The molecule has 3 rings (SSSR count). The molecule has 0 fully saturated rings. The van der Waals surface area contributed by atoms with E-state index in [2.05, 4.69) is 0 Å². The molecular formula is C19H16O4. The first kappa shape index (κ1) is 15.0. The molecule has 0 N–H and O–H groups in total. The zero-order valence-corrected chi connectivity index (χ0v) is 13.0. The molecule has 23 heavy (non-hydrogen) atoms. The third-order valence-electron chi connectivity index (χ3n) is 3.79. The Kier molecular flexibility index (Phi) is 3.98. The van der Waals surface area contributed by atoms with Gasteiger partial charge in [0.05, 0.1) is 0 Å². The van der Waals surface area contributed by atoms with Crippen LogP contribution in [0, 0.1) is 13.8 Å². The molecule has 1 heterocycles. The van der Waals surface area contributed by atoms with Gasteiger partial charge in [0.15, 0.2) is 12.4 Å². The maximum atomic E-state index is 12.2. The highest BCUT2D eigenvalue weighted by atomic mass is 16.5. The fourth-order valence-electron chi connectivity index (χ4n) is 2.28. The number of carbonyl (C=O) groups is 1. The second kappa shape index (κ2) is 6.08. The molecule has 3 aromatic rings. The quantitative estimate of drug-likeness (QED) is 0.545. The minimum absolute atomic E-state index is 0.0644. The number of hydrogen-bond acceptors (Lipinski definition) is 4. The van der Waals surface area contributed by atoms with Crippen LogP contribution in [0.1, 0.15) is 21.5 Å². The maximum absolute atomic E-state index is 12.2. The summed E-state index contributed by atoms with van der Waals surface area (Å²) >= 11 is 0. The average Bonchev–Trinajstić information content (AvgIpc) is 2.54. The summed E-state index contributed by atoms with van der Waals surface area (Å²) in [6, 6.07) is 13.8. The van der Waals surface area contributed by atoms with Crippen LogP contribution in [0.3, 0.4) is 0 Å². The molecule has 0 atom stereocenters. The molecule has 0 unspecified atom stereocenters. The Labute approximate surface area is 133 Å². The van der Waals surface area contributed by atoms with Crippen molar-refractivity contribution >= 4 is 16.8 Å². The minimum Gasteiger partial charge on any atom is -0.485 e. The van der Waals surface area contributed by atoms with Crippen LogP contribution in [0.5, 0.6) is 5.75 Å². The van der Waals surface area contributed by atoms with Gasteiger partial charge in [0.2, 0.25) is 0 Å². The number of Topliss-reactive ketones (excluding diaryl/α,β-unsaturated/α-hetero) is 1. The smallest absolute Gasteiger partial charge is 0.336 e. The van der Waals surface area contributed by atoms with Gasteiger partial charge in [-0.2, -0.15) is 0 Å². The first-order valence-corrected chi connectivity index (χ1v) is 7.30. The summed E-state index contributed by atoms with van der Waals surface area (Å²) in [4.78, 5) is 23.4. The second-order valence-electron chi connectivity index (χ2n) is 5.46. The van der Waals surface area contributed by atoms with Crippen LogP contribution >= 0.6 is 0 Å². The highest BCUT2D eigenvalue weighted by molar-refractivity contribution is 5.97. The second-order valence-corrected chi connectivity index (χ2v) is 5.46. The molecule has 0 spiro atoms. The number of benzene rings is 2. The standard InChI is InChI=1S/C19H16O4/c1-12-3-4-15(9-13(12)2)17(20)11-22-16-7-5-14-6-8-19(21)23-18(14)10-16/h3-10H,11H2,1-2H3. The van der Waals surface area contributed by atoms with Crippen LogP contribution in [0.2, 0.25) is 0 Å². The zero-order chi connectivity index (χ0) is 16.4. The molecule has 2 aromatic carbocycles. The lowest BCUT2D eigenvalue weighted by atomic mass is 10.0. The largest absolute Gasteiger partial charge is 0.485 e. The van der Waals surface area contributed by atoms with Gasteiger partial charge in [-0.1, -0.05) is 12.1 Å². The van der Waals surface area contributed by atoms with E-state index in [1.54, 1.807) is 30.3 Å². The highest BCUT2D eigenvalue weighted by Crippen LogP contribution is 2.20. The summed E-state index contributed by atoms with van der Waals surface area (Å²) < 4.78 is 10.6. The summed E-state index contributed by atoms with van der Waals surface area (Å²) in [6.45, 7) is 3.91. The first-order valence-electron chi connectivity index (χ1n) is 7.30. The van der Waals surface area contributed by atoms with Crippen LogP contribution in [0.4, 0.5) is 0 Å².